The van der Waals surface area contributed by atoms with Gasteiger partial charge < -0.3 is 15.0 Å². The lowest BCUT2D eigenvalue weighted by Gasteiger charge is -2.32. The van der Waals surface area contributed by atoms with Crippen LogP contribution in [0.1, 0.15) is 39.2 Å². The quantitative estimate of drug-likeness (QED) is 0.673. The second kappa shape index (κ2) is 4.60. The topological polar surface area (TPSA) is 57.4 Å². The molecule has 0 unspecified atom stereocenters. The summed E-state index contributed by atoms with van der Waals surface area (Å²) in [6.07, 6.45) is 1.71. The highest BCUT2D eigenvalue weighted by Crippen LogP contribution is 2.39. The zero-order valence-electron chi connectivity index (χ0n) is 11.1. The number of rotatable bonds is 2. The number of hydrogen-bond donors (Lipinski definition) is 1. The van der Waals surface area contributed by atoms with E-state index in [4.69, 9.17) is 15.0 Å². The minimum absolute atomic E-state index is 0.328. The van der Waals surface area contributed by atoms with E-state index in [-0.39, 0.29) is 17.1 Å². The van der Waals surface area contributed by atoms with Crippen LogP contribution in [0, 0.1) is 0 Å². The van der Waals surface area contributed by atoms with Gasteiger partial charge in [-0.1, -0.05) is 0 Å². The van der Waals surface area contributed by atoms with Crippen LogP contribution in [0.2, 0.25) is 0 Å². The van der Waals surface area contributed by atoms with E-state index in [1.54, 1.807) is 6.20 Å². The van der Waals surface area contributed by atoms with Crippen molar-refractivity contribution in [1.29, 1.82) is 0 Å². The van der Waals surface area contributed by atoms with Crippen molar-refractivity contribution in [2.24, 2.45) is 5.73 Å². The maximum atomic E-state index is 6.21. The van der Waals surface area contributed by atoms with Crippen LogP contribution in [0.3, 0.4) is 0 Å². The molecule has 18 heavy (non-hydrogen) atoms. The molecule has 0 spiro atoms. The molecule has 0 amide bonds. The fraction of sp³-hybridized carbons (Fsp3) is 0.583. The van der Waals surface area contributed by atoms with E-state index in [2.05, 4.69) is 20.9 Å². The summed E-state index contributed by atoms with van der Waals surface area (Å²) in [7, 11) is -0.440. The molecule has 1 saturated heterocycles. The van der Waals surface area contributed by atoms with Gasteiger partial charge in [0, 0.05) is 6.20 Å². The summed E-state index contributed by atoms with van der Waals surface area (Å²) in [6, 6.07) is 3.76. The van der Waals surface area contributed by atoms with Gasteiger partial charge in [0.2, 0.25) is 0 Å². The molecule has 4 nitrogen and oxygen atoms in total. The fourth-order valence-corrected chi connectivity index (χ4v) is 2.20. The molecule has 1 fully saturated rings. The molecule has 2 N–H and O–H groups in total. The second-order valence-electron chi connectivity index (χ2n) is 5.56. The fourth-order valence-electron chi connectivity index (χ4n) is 1.82. The van der Waals surface area contributed by atoms with Crippen LogP contribution < -0.4 is 5.73 Å². The van der Waals surface area contributed by atoms with Crippen LogP contribution >= 0.6 is 15.9 Å². The van der Waals surface area contributed by atoms with Crippen molar-refractivity contribution in [1.82, 2.24) is 4.98 Å². The van der Waals surface area contributed by atoms with Crippen LogP contribution in [0.4, 0.5) is 0 Å². The third kappa shape index (κ3) is 2.47. The summed E-state index contributed by atoms with van der Waals surface area (Å²) in [5.74, 6) is -0.328. The van der Waals surface area contributed by atoms with Crippen molar-refractivity contribution in [3.05, 3.63) is 28.5 Å². The number of nitrogens with two attached hydrogens (primary N) is 1. The maximum absolute atomic E-state index is 6.21. The van der Waals surface area contributed by atoms with Crippen molar-refractivity contribution >= 4 is 23.0 Å². The highest BCUT2D eigenvalue weighted by molar-refractivity contribution is 9.10. The number of nitrogens with zero attached hydrogens (tertiary/aromatic N) is 1. The molecule has 2 heterocycles. The smallest absolute Gasteiger partial charge is 0.402 e. The number of hydrogen-bond acceptors (Lipinski definition) is 4. The lowest BCUT2D eigenvalue weighted by atomic mass is 9.75. The van der Waals surface area contributed by atoms with Gasteiger partial charge in [-0.25, -0.2) is 4.98 Å². The van der Waals surface area contributed by atoms with E-state index in [1.165, 1.54) is 0 Å². The van der Waals surface area contributed by atoms with Crippen molar-refractivity contribution in [2.75, 3.05) is 0 Å². The summed E-state index contributed by atoms with van der Waals surface area (Å²) in [4.78, 5) is 4.09. The van der Waals surface area contributed by atoms with E-state index in [0.717, 1.165) is 10.2 Å². The molecule has 6 heteroatoms. The minimum atomic E-state index is -0.440. The Morgan fingerprint density at radius 2 is 1.83 bits per heavy atom. The van der Waals surface area contributed by atoms with Gasteiger partial charge in [-0.3, -0.25) is 0 Å². The van der Waals surface area contributed by atoms with Gasteiger partial charge in [0.1, 0.15) is 4.60 Å². The van der Waals surface area contributed by atoms with Crippen LogP contribution in [0.25, 0.3) is 0 Å². The molecule has 2 rings (SSSR count). The van der Waals surface area contributed by atoms with E-state index in [9.17, 15) is 0 Å². The average Bonchev–Trinajstić information content (AvgIpc) is 2.47. The van der Waals surface area contributed by atoms with Gasteiger partial charge in [0.05, 0.1) is 17.1 Å². The Labute approximate surface area is 117 Å². The van der Waals surface area contributed by atoms with E-state index < -0.39 is 7.12 Å². The van der Waals surface area contributed by atoms with Crippen LogP contribution in [-0.4, -0.2) is 23.3 Å². The van der Waals surface area contributed by atoms with Gasteiger partial charge in [0.25, 0.3) is 0 Å². The molecule has 1 aliphatic heterocycles. The largest absolute Gasteiger partial charge is 0.480 e. The van der Waals surface area contributed by atoms with Gasteiger partial charge in [-0.2, -0.15) is 0 Å². The van der Waals surface area contributed by atoms with E-state index in [1.807, 2.05) is 39.8 Å². The highest BCUT2D eigenvalue weighted by atomic mass is 79.9. The molecule has 1 aromatic heterocycles. The molecule has 98 valence electrons. The second-order valence-corrected chi connectivity index (χ2v) is 6.37. The first-order chi connectivity index (χ1) is 8.23. The molecule has 0 radical (unpaired) electrons. The summed E-state index contributed by atoms with van der Waals surface area (Å²) in [5, 5.41) is 0. The lowest BCUT2D eigenvalue weighted by Crippen LogP contribution is -2.41. The SMILES string of the molecule is CC1(C)OB([C@H](N)c2ccnc(Br)c2)OC1(C)C. The number of halogens is 1. The molecular weight excluding hydrogens is 295 g/mol. The standard InChI is InChI=1S/C12H18BBrN2O2/c1-11(2)12(3,4)18-13(17-11)10(15)8-5-6-16-9(14)7-8/h5-7,10H,15H2,1-4H3/t10-/m1/s1. The third-order valence-corrected chi connectivity index (χ3v) is 4.13. The van der Waals surface area contributed by atoms with Crippen LogP contribution in [-0.2, 0) is 9.31 Å². The molecule has 1 aromatic rings. The molecule has 1 aliphatic rings. The Morgan fingerprint density at radius 1 is 1.28 bits per heavy atom. The Kier molecular flexibility index (Phi) is 3.57. The normalized spacial score (nSPS) is 23.1. The number of pyridine rings is 1. The van der Waals surface area contributed by atoms with E-state index >= 15 is 0 Å². The van der Waals surface area contributed by atoms with Crippen molar-refractivity contribution in [3.8, 4) is 0 Å². The Balaban J connectivity index is 2.20. The summed E-state index contributed by atoms with van der Waals surface area (Å²) < 4.78 is 12.6. The van der Waals surface area contributed by atoms with Gasteiger partial charge in [-0.05, 0) is 61.3 Å². The van der Waals surface area contributed by atoms with Crippen LogP contribution in [0.15, 0.2) is 22.9 Å². The maximum Gasteiger partial charge on any atom is 0.480 e. The van der Waals surface area contributed by atoms with Crippen molar-refractivity contribution in [3.63, 3.8) is 0 Å². The Bertz CT molecular complexity index is 437. The zero-order chi connectivity index (χ0) is 13.6. The van der Waals surface area contributed by atoms with Gasteiger partial charge in [0.15, 0.2) is 0 Å². The Hall–Kier alpha value is -0.425. The molecule has 0 aromatic carbocycles. The molecular formula is C12H18BBrN2O2. The summed E-state index contributed by atoms with van der Waals surface area (Å²) >= 11 is 3.34. The van der Waals surface area contributed by atoms with Crippen molar-refractivity contribution in [2.45, 2.75) is 44.8 Å². The van der Waals surface area contributed by atoms with E-state index in [0.29, 0.717) is 0 Å². The monoisotopic (exact) mass is 312 g/mol. The minimum Gasteiger partial charge on any atom is -0.402 e. The first-order valence-electron chi connectivity index (χ1n) is 5.96. The van der Waals surface area contributed by atoms with Crippen molar-refractivity contribution < 1.29 is 9.31 Å². The van der Waals surface area contributed by atoms with Crippen LogP contribution in [0.5, 0.6) is 0 Å². The summed E-state index contributed by atoms with van der Waals surface area (Å²) in [6.45, 7) is 8.06. The first kappa shape index (κ1) is 14.0. The van der Waals surface area contributed by atoms with Gasteiger partial charge in [-0.15, -0.1) is 0 Å². The lowest BCUT2D eigenvalue weighted by molar-refractivity contribution is 0.00578. The predicted molar refractivity (Wildman–Crippen MR) is 74.9 cm³/mol. The highest BCUT2D eigenvalue weighted by Gasteiger charge is 2.53. The predicted octanol–water partition coefficient (Wildman–Crippen LogP) is 2.48. The first-order valence-corrected chi connectivity index (χ1v) is 6.75. The molecule has 0 aliphatic carbocycles. The Morgan fingerprint density at radius 3 is 2.33 bits per heavy atom. The van der Waals surface area contributed by atoms with Gasteiger partial charge >= 0.3 is 7.12 Å². The zero-order valence-corrected chi connectivity index (χ0v) is 12.7. The third-order valence-electron chi connectivity index (χ3n) is 3.70. The number of aromatic nitrogens is 1. The molecule has 0 saturated carbocycles. The molecule has 1 atom stereocenters. The summed E-state index contributed by atoms with van der Waals surface area (Å²) in [5.41, 5.74) is 6.43. The average molecular weight is 313 g/mol. The molecule has 0 bridgehead atoms.